The van der Waals surface area contributed by atoms with Crippen LogP contribution in [-0.4, -0.2) is 32.6 Å². The summed E-state index contributed by atoms with van der Waals surface area (Å²) in [7, 11) is 1.79. The van der Waals surface area contributed by atoms with E-state index in [4.69, 9.17) is 4.74 Å². The van der Waals surface area contributed by atoms with Gasteiger partial charge in [0.15, 0.2) is 0 Å². The number of hydrogen-bond acceptors (Lipinski definition) is 5. The minimum absolute atomic E-state index is 0.235. The minimum atomic E-state index is -0.631. The van der Waals surface area contributed by atoms with Crippen molar-refractivity contribution in [1.29, 1.82) is 0 Å². The fraction of sp³-hybridized carbons (Fsp3) is 0.333. The topological polar surface area (TPSA) is 98.1 Å². The molecule has 2 heterocycles. The molecule has 1 saturated carbocycles. The van der Waals surface area contributed by atoms with E-state index in [9.17, 15) is 9.59 Å². The van der Waals surface area contributed by atoms with Crippen LogP contribution in [0, 0.1) is 5.92 Å². The van der Waals surface area contributed by atoms with E-state index in [1.165, 1.54) is 12.8 Å². The first kappa shape index (κ1) is 21.5. The number of benzene rings is 1. The van der Waals surface area contributed by atoms with Gasteiger partial charge < -0.3 is 15.4 Å². The largest absolute Gasteiger partial charge is 0.456 e. The summed E-state index contributed by atoms with van der Waals surface area (Å²) in [6, 6.07) is 9.83. The Morgan fingerprint density at radius 1 is 1.16 bits per heavy atom. The Morgan fingerprint density at radius 3 is 2.69 bits per heavy atom. The maximum absolute atomic E-state index is 13.0. The average Bonchev–Trinajstić information content (AvgIpc) is 3.45. The van der Waals surface area contributed by atoms with Gasteiger partial charge in [-0.1, -0.05) is 31.7 Å². The first-order valence-corrected chi connectivity index (χ1v) is 10.8. The second-order valence-corrected chi connectivity index (χ2v) is 8.12. The van der Waals surface area contributed by atoms with E-state index in [0.29, 0.717) is 35.1 Å². The van der Waals surface area contributed by atoms with Crippen molar-refractivity contribution < 1.29 is 14.3 Å². The number of aryl methyl sites for hydroxylation is 1. The van der Waals surface area contributed by atoms with Gasteiger partial charge >= 0.3 is 0 Å². The van der Waals surface area contributed by atoms with Crippen molar-refractivity contribution >= 4 is 17.5 Å². The van der Waals surface area contributed by atoms with Crippen molar-refractivity contribution in [2.75, 3.05) is 5.32 Å². The minimum Gasteiger partial charge on any atom is -0.456 e. The molecule has 1 aromatic carbocycles. The number of ether oxygens (including phenoxy) is 1. The van der Waals surface area contributed by atoms with Crippen molar-refractivity contribution in [2.24, 2.45) is 13.0 Å². The van der Waals surface area contributed by atoms with Crippen LogP contribution in [0.15, 0.2) is 61.2 Å². The van der Waals surface area contributed by atoms with E-state index in [1.54, 1.807) is 72.9 Å². The van der Waals surface area contributed by atoms with Crippen LogP contribution in [0.25, 0.3) is 0 Å². The second kappa shape index (κ2) is 10.1. The molecule has 4 rings (SSSR count). The molecule has 0 unspecified atom stereocenters. The van der Waals surface area contributed by atoms with Gasteiger partial charge in [-0.25, -0.2) is 0 Å². The molecule has 0 saturated heterocycles. The van der Waals surface area contributed by atoms with Gasteiger partial charge in [-0.15, -0.1) is 0 Å². The van der Waals surface area contributed by atoms with Crippen LogP contribution in [-0.2, 0) is 11.8 Å². The van der Waals surface area contributed by atoms with Crippen molar-refractivity contribution in [1.82, 2.24) is 20.1 Å². The average molecular weight is 434 g/mol. The summed E-state index contributed by atoms with van der Waals surface area (Å²) in [6.07, 6.45) is 11.7. The molecule has 0 aliphatic heterocycles. The number of carbonyl (C=O) groups excluding carboxylic acids is 2. The standard InChI is InChI=1S/C24H27N5O3/c1-29-16-19(14-26-29)27-24(31)22(12-17-6-2-3-7-17)28-23(30)18-8-4-9-20(13-18)32-21-10-5-11-25-15-21/h4-5,8-11,13-17,22H,2-3,6-7,12H2,1H3,(H,27,31)(H,28,30)/t22-/m0/s1. The van der Waals surface area contributed by atoms with Gasteiger partial charge in [0, 0.05) is 25.0 Å². The van der Waals surface area contributed by atoms with Gasteiger partial charge in [0.1, 0.15) is 17.5 Å². The number of hydrogen-bond donors (Lipinski definition) is 2. The fourth-order valence-corrected chi connectivity index (χ4v) is 4.01. The number of amides is 2. The van der Waals surface area contributed by atoms with Crippen LogP contribution in [0.1, 0.15) is 42.5 Å². The lowest BCUT2D eigenvalue weighted by Gasteiger charge is -2.21. The molecule has 2 amide bonds. The molecule has 166 valence electrons. The Kier molecular flexibility index (Phi) is 6.79. The van der Waals surface area contributed by atoms with Crippen molar-refractivity contribution in [2.45, 2.75) is 38.1 Å². The second-order valence-electron chi connectivity index (χ2n) is 8.12. The molecule has 32 heavy (non-hydrogen) atoms. The van der Waals surface area contributed by atoms with Crippen LogP contribution < -0.4 is 15.4 Å². The zero-order valence-electron chi connectivity index (χ0n) is 18.0. The maximum atomic E-state index is 13.0. The quantitative estimate of drug-likeness (QED) is 0.561. The highest BCUT2D eigenvalue weighted by Crippen LogP contribution is 2.29. The van der Waals surface area contributed by atoms with Gasteiger partial charge in [-0.05, 0) is 42.7 Å². The normalized spacial score (nSPS) is 14.7. The fourth-order valence-electron chi connectivity index (χ4n) is 4.01. The lowest BCUT2D eigenvalue weighted by Crippen LogP contribution is -2.44. The summed E-state index contributed by atoms with van der Waals surface area (Å²) in [4.78, 5) is 30.0. The van der Waals surface area contributed by atoms with Gasteiger partial charge in [0.2, 0.25) is 5.91 Å². The Balaban J connectivity index is 1.46. The summed E-state index contributed by atoms with van der Waals surface area (Å²) in [5.74, 6) is 0.991. The first-order valence-electron chi connectivity index (χ1n) is 10.8. The van der Waals surface area contributed by atoms with Crippen molar-refractivity contribution in [3.63, 3.8) is 0 Å². The molecule has 1 fully saturated rings. The lowest BCUT2D eigenvalue weighted by atomic mass is 9.97. The molecule has 1 atom stereocenters. The molecule has 1 aliphatic rings. The number of pyridine rings is 1. The third-order valence-electron chi connectivity index (χ3n) is 5.60. The van der Waals surface area contributed by atoms with Crippen LogP contribution >= 0.6 is 0 Å². The molecule has 8 heteroatoms. The number of anilines is 1. The van der Waals surface area contributed by atoms with Crippen LogP contribution in [0.2, 0.25) is 0 Å². The summed E-state index contributed by atoms with van der Waals surface area (Å²) < 4.78 is 7.40. The molecule has 0 radical (unpaired) electrons. The molecular weight excluding hydrogens is 406 g/mol. The van der Waals surface area contributed by atoms with E-state index in [1.807, 2.05) is 0 Å². The van der Waals surface area contributed by atoms with Gasteiger partial charge in [0.05, 0.1) is 18.1 Å². The number of nitrogens with zero attached hydrogens (tertiary/aromatic N) is 3. The van der Waals surface area contributed by atoms with E-state index in [-0.39, 0.29) is 11.8 Å². The Morgan fingerprint density at radius 2 is 1.97 bits per heavy atom. The highest BCUT2D eigenvalue weighted by Gasteiger charge is 2.27. The van der Waals surface area contributed by atoms with E-state index in [0.717, 1.165) is 12.8 Å². The molecule has 0 spiro atoms. The SMILES string of the molecule is Cn1cc(NC(=O)[C@H](CC2CCCC2)NC(=O)c2cccc(Oc3cccnc3)c2)cn1. The van der Waals surface area contributed by atoms with E-state index < -0.39 is 6.04 Å². The molecule has 2 N–H and O–H groups in total. The highest BCUT2D eigenvalue weighted by molar-refractivity contribution is 6.01. The summed E-state index contributed by atoms with van der Waals surface area (Å²) >= 11 is 0. The molecule has 0 bridgehead atoms. The molecule has 3 aromatic rings. The molecule has 1 aliphatic carbocycles. The van der Waals surface area contributed by atoms with Crippen molar-refractivity contribution in [3.8, 4) is 11.5 Å². The third-order valence-corrected chi connectivity index (χ3v) is 5.60. The van der Waals surface area contributed by atoms with E-state index in [2.05, 4.69) is 20.7 Å². The van der Waals surface area contributed by atoms with Gasteiger partial charge in [-0.2, -0.15) is 5.10 Å². The highest BCUT2D eigenvalue weighted by atomic mass is 16.5. The van der Waals surface area contributed by atoms with E-state index >= 15 is 0 Å². The van der Waals surface area contributed by atoms with Crippen LogP contribution in [0.5, 0.6) is 11.5 Å². The van der Waals surface area contributed by atoms with Gasteiger partial charge in [-0.3, -0.25) is 19.3 Å². The summed E-state index contributed by atoms with van der Waals surface area (Å²) in [5, 5.41) is 9.88. The third kappa shape index (κ3) is 5.72. The van der Waals surface area contributed by atoms with Crippen molar-refractivity contribution in [3.05, 3.63) is 66.7 Å². The predicted octanol–water partition coefficient (Wildman–Crippen LogP) is 3.92. The van der Waals surface area contributed by atoms with Gasteiger partial charge in [0.25, 0.3) is 5.91 Å². The van der Waals surface area contributed by atoms with Crippen LogP contribution in [0.4, 0.5) is 5.69 Å². The maximum Gasteiger partial charge on any atom is 0.252 e. The number of rotatable bonds is 8. The molecule has 2 aromatic heterocycles. The monoisotopic (exact) mass is 433 g/mol. The number of aromatic nitrogens is 3. The molecule has 8 nitrogen and oxygen atoms in total. The Labute approximate surface area is 187 Å². The summed E-state index contributed by atoms with van der Waals surface area (Å²) in [6.45, 7) is 0. The zero-order chi connectivity index (χ0) is 22.3. The number of nitrogens with one attached hydrogen (secondary N) is 2. The number of carbonyl (C=O) groups is 2. The Bertz CT molecular complexity index is 1060. The lowest BCUT2D eigenvalue weighted by molar-refractivity contribution is -0.118. The Hall–Kier alpha value is -3.68. The molecular formula is C24H27N5O3. The first-order chi connectivity index (χ1) is 15.6. The van der Waals surface area contributed by atoms with Crippen LogP contribution in [0.3, 0.4) is 0 Å². The zero-order valence-corrected chi connectivity index (χ0v) is 18.0. The smallest absolute Gasteiger partial charge is 0.252 e. The summed E-state index contributed by atoms with van der Waals surface area (Å²) in [5.41, 5.74) is 1.03. The predicted molar refractivity (Wildman–Crippen MR) is 120 cm³/mol.